The Bertz CT molecular complexity index is 1170. The Kier molecular flexibility index (Phi) is 8.28. The summed E-state index contributed by atoms with van der Waals surface area (Å²) in [6.45, 7) is 1.39. The quantitative estimate of drug-likeness (QED) is 0.481. The van der Waals surface area contributed by atoms with Crippen molar-refractivity contribution >= 4 is 39.7 Å². The molecule has 0 radical (unpaired) electrons. The first kappa shape index (κ1) is 25.4. The van der Waals surface area contributed by atoms with Crippen LogP contribution in [0.25, 0.3) is 11.5 Å². The van der Waals surface area contributed by atoms with Crippen LogP contribution in [0.15, 0.2) is 52.9 Å². The molecule has 0 saturated carbocycles. The van der Waals surface area contributed by atoms with Gasteiger partial charge in [-0.05, 0) is 61.8 Å². The van der Waals surface area contributed by atoms with Gasteiger partial charge in [-0.1, -0.05) is 29.8 Å². The molecule has 2 heterocycles. The number of benzene rings is 2. The van der Waals surface area contributed by atoms with Crippen molar-refractivity contribution < 1.29 is 21.6 Å². The Balaban J connectivity index is 0.00000306. The van der Waals surface area contributed by atoms with Crippen molar-refractivity contribution in [3.63, 3.8) is 0 Å². The molecule has 0 bridgehead atoms. The molecule has 0 unspecified atom stereocenters. The molecule has 178 valence electrons. The Morgan fingerprint density at radius 1 is 1.12 bits per heavy atom. The van der Waals surface area contributed by atoms with Gasteiger partial charge in [-0.25, -0.2) is 8.42 Å². The van der Waals surface area contributed by atoms with Crippen LogP contribution in [0.5, 0.6) is 0 Å². The zero-order valence-electron chi connectivity index (χ0n) is 17.3. The van der Waals surface area contributed by atoms with Crippen LogP contribution in [0, 0.1) is 0 Å². The number of halogens is 4. The number of nitrogens with one attached hydrogen (secondary N) is 1. The van der Waals surface area contributed by atoms with E-state index >= 15 is 0 Å². The van der Waals surface area contributed by atoms with Gasteiger partial charge in [0.15, 0.2) is 0 Å². The average molecular weight is 519 g/mol. The lowest BCUT2D eigenvalue weighted by Gasteiger charge is -2.31. The minimum Gasteiger partial charge on any atom is -0.415 e. The van der Waals surface area contributed by atoms with Gasteiger partial charge in [0.1, 0.15) is 0 Å². The monoisotopic (exact) mass is 518 g/mol. The summed E-state index contributed by atoms with van der Waals surface area (Å²) in [4.78, 5) is 0. The molecule has 1 aliphatic rings. The molecule has 3 aromatic rings. The highest BCUT2D eigenvalue weighted by atomic mass is 35.5. The molecule has 1 aromatic heterocycles. The second-order valence-electron chi connectivity index (χ2n) is 7.42. The number of nitrogens with zero attached hydrogens (tertiary/aromatic N) is 3. The van der Waals surface area contributed by atoms with E-state index in [4.69, 9.17) is 16.0 Å². The van der Waals surface area contributed by atoms with Gasteiger partial charge in [-0.2, -0.15) is 8.78 Å². The van der Waals surface area contributed by atoms with Crippen LogP contribution in [0.1, 0.15) is 30.7 Å². The molecule has 2 aromatic carbocycles. The molecular weight excluding hydrogens is 497 g/mol. The molecule has 0 atom stereocenters. The third-order valence-corrected chi connectivity index (χ3v) is 7.77. The van der Waals surface area contributed by atoms with E-state index < -0.39 is 27.6 Å². The van der Waals surface area contributed by atoms with Crippen molar-refractivity contribution in [3.8, 4) is 11.5 Å². The lowest BCUT2D eigenvalue weighted by atomic mass is 10.1. The summed E-state index contributed by atoms with van der Waals surface area (Å²) in [5.41, 5.74) is 1.65. The SMILES string of the molecule is Cl.O=S(=O)(C1CCNCC1)N(Cc1ccc(-c2nnc(C(F)F)o2)cc1)c1cccc(Cl)c1. The smallest absolute Gasteiger partial charge is 0.314 e. The van der Waals surface area contributed by atoms with Gasteiger partial charge in [-0.15, -0.1) is 22.6 Å². The predicted octanol–water partition coefficient (Wildman–Crippen LogP) is 4.84. The topological polar surface area (TPSA) is 88.3 Å². The van der Waals surface area contributed by atoms with Gasteiger partial charge in [0.25, 0.3) is 5.89 Å². The number of anilines is 1. The number of piperidine rings is 1. The van der Waals surface area contributed by atoms with Gasteiger partial charge in [0.05, 0.1) is 17.5 Å². The molecule has 0 amide bonds. The van der Waals surface area contributed by atoms with Gasteiger partial charge in [0.2, 0.25) is 15.9 Å². The minimum atomic E-state index is -3.65. The fourth-order valence-electron chi connectivity index (χ4n) is 3.59. The molecular formula is C21H22Cl2F2N4O3S. The highest BCUT2D eigenvalue weighted by Crippen LogP contribution is 2.29. The van der Waals surface area contributed by atoms with Crippen molar-refractivity contribution in [2.24, 2.45) is 0 Å². The number of aromatic nitrogens is 2. The van der Waals surface area contributed by atoms with Crippen molar-refractivity contribution in [1.29, 1.82) is 0 Å². The molecule has 4 rings (SSSR count). The molecule has 33 heavy (non-hydrogen) atoms. The molecule has 0 spiro atoms. The Labute approximate surface area is 201 Å². The van der Waals surface area contributed by atoms with Gasteiger partial charge in [-0.3, -0.25) is 4.31 Å². The van der Waals surface area contributed by atoms with E-state index in [-0.39, 0.29) is 24.8 Å². The molecule has 1 aliphatic heterocycles. The summed E-state index contributed by atoms with van der Waals surface area (Å²) in [6, 6.07) is 13.4. The van der Waals surface area contributed by atoms with Crippen molar-refractivity contribution in [2.75, 3.05) is 17.4 Å². The zero-order chi connectivity index (χ0) is 22.7. The Morgan fingerprint density at radius 2 is 1.82 bits per heavy atom. The third-order valence-electron chi connectivity index (χ3n) is 5.27. The lowest BCUT2D eigenvalue weighted by molar-refractivity contribution is 0.116. The first-order chi connectivity index (χ1) is 15.3. The Hall–Kier alpha value is -2.27. The fraction of sp³-hybridized carbons (Fsp3) is 0.333. The Morgan fingerprint density at radius 3 is 2.42 bits per heavy atom. The summed E-state index contributed by atoms with van der Waals surface area (Å²) in [5.74, 6) is -0.773. The fourth-order valence-corrected chi connectivity index (χ4v) is 5.70. The molecule has 7 nitrogen and oxygen atoms in total. The average Bonchev–Trinajstić information content (AvgIpc) is 3.29. The largest absolute Gasteiger partial charge is 0.415 e. The van der Waals surface area contributed by atoms with E-state index in [0.29, 0.717) is 47.8 Å². The van der Waals surface area contributed by atoms with E-state index in [2.05, 4.69) is 15.5 Å². The molecule has 1 N–H and O–H groups in total. The lowest BCUT2D eigenvalue weighted by Crippen LogP contribution is -2.43. The second kappa shape index (κ2) is 10.8. The molecule has 12 heteroatoms. The first-order valence-corrected chi connectivity index (χ1v) is 11.9. The first-order valence-electron chi connectivity index (χ1n) is 10.0. The van der Waals surface area contributed by atoms with E-state index in [9.17, 15) is 17.2 Å². The van der Waals surface area contributed by atoms with Crippen LogP contribution in [0.4, 0.5) is 14.5 Å². The zero-order valence-corrected chi connectivity index (χ0v) is 19.7. The standard InChI is InChI=1S/C21H21ClF2N4O3S.ClH/c22-16-2-1-3-17(12-16)28(32(29,30)18-8-10-25-11-9-18)13-14-4-6-15(7-5-14)20-26-27-21(31-20)19(23)24;/h1-7,12,18-19,25H,8-11,13H2;1H. The number of rotatable bonds is 7. The molecule has 1 fully saturated rings. The maximum absolute atomic E-state index is 13.5. The van der Waals surface area contributed by atoms with E-state index in [1.165, 1.54) is 4.31 Å². The summed E-state index contributed by atoms with van der Waals surface area (Å²) >= 11 is 6.13. The summed E-state index contributed by atoms with van der Waals surface area (Å²) < 4.78 is 58.7. The molecule has 0 aliphatic carbocycles. The predicted molar refractivity (Wildman–Crippen MR) is 124 cm³/mol. The highest BCUT2D eigenvalue weighted by Gasteiger charge is 2.33. The van der Waals surface area contributed by atoms with E-state index in [1.54, 1.807) is 48.5 Å². The van der Waals surface area contributed by atoms with Crippen LogP contribution in [-0.4, -0.2) is 37.0 Å². The maximum Gasteiger partial charge on any atom is 0.314 e. The molecule has 1 saturated heterocycles. The van der Waals surface area contributed by atoms with Crippen LogP contribution in [0.3, 0.4) is 0 Å². The minimum absolute atomic E-state index is 0. The number of sulfonamides is 1. The normalized spacial score (nSPS) is 14.8. The summed E-state index contributed by atoms with van der Waals surface area (Å²) in [5, 5.41) is 10.1. The van der Waals surface area contributed by atoms with Crippen molar-refractivity contribution in [3.05, 3.63) is 65.0 Å². The van der Waals surface area contributed by atoms with Crippen LogP contribution in [0.2, 0.25) is 5.02 Å². The number of alkyl halides is 2. The maximum atomic E-state index is 13.5. The van der Waals surface area contributed by atoms with Gasteiger partial charge < -0.3 is 9.73 Å². The van der Waals surface area contributed by atoms with E-state index in [0.717, 1.165) is 0 Å². The summed E-state index contributed by atoms with van der Waals surface area (Å²) in [7, 11) is -3.65. The van der Waals surface area contributed by atoms with Gasteiger partial charge in [0, 0.05) is 10.6 Å². The van der Waals surface area contributed by atoms with E-state index in [1.807, 2.05) is 0 Å². The third kappa shape index (κ3) is 5.81. The van der Waals surface area contributed by atoms with Crippen molar-refractivity contribution in [1.82, 2.24) is 15.5 Å². The van der Waals surface area contributed by atoms with Crippen LogP contribution >= 0.6 is 24.0 Å². The highest BCUT2D eigenvalue weighted by molar-refractivity contribution is 7.93. The second-order valence-corrected chi connectivity index (χ2v) is 10.00. The van der Waals surface area contributed by atoms with Crippen LogP contribution in [-0.2, 0) is 16.6 Å². The number of hydrogen-bond acceptors (Lipinski definition) is 6. The summed E-state index contributed by atoms with van der Waals surface area (Å²) in [6.07, 6.45) is -1.79. The number of hydrogen-bond donors (Lipinski definition) is 1. The van der Waals surface area contributed by atoms with Gasteiger partial charge >= 0.3 is 6.43 Å². The van der Waals surface area contributed by atoms with Crippen LogP contribution < -0.4 is 9.62 Å². The van der Waals surface area contributed by atoms with Crippen molar-refractivity contribution in [2.45, 2.75) is 31.1 Å².